The summed E-state index contributed by atoms with van der Waals surface area (Å²) in [5, 5.41) is 0. The van der Waals surface area contributed by atoms with E-state index in [1.807, 2.05) is 0 Å². The van der Waals surface area contributed by atoms with E-state index in [4.69, 9.17) is 7.33 Å². The minimum absolute atomic E-state index is 0.966. The molecule has 0 rings (SSSR count). The number of hydrogen-bond acceptors (Lipinski definition) is 0. The van der Waals surface area contributed by atoms with Gasteiger partial charge in [0.05, 0.1) is 0 Å². The van der Waals surface area contributed by atoms with E-state index >= 15 is 0 Å². The normalized spacial score (nSPS) is 9.73. The topological polar surface area (TPSA) is 0 Å². The third-order valence-corrected chi connectivity index (χ3v) is 1.92. The Kier molecular flexibility index (Phi) is 9.71. The summed E-state index contributed by atoms with van der Waals surface area (Å²) in [7, 11) is 5.14. The minimum atomic E-state index is 0.966. The zero-order valence-electron chi connectivity index (χ0n) is 7.73. The molecule has 0 aromatic carbocycles. The molecule has 1 heteroatoms. The van der Waals surface area contributed by atoms with Crippen LogP contribution < -0.4 is 0 Å². The zero-order chi connectivity index (χ0) is 8.36. The van der Waals surface area contributed by atoms with E-state index in [9.17, 15) is 0 Å². The van der Waals surface area contributed by atoms with Gasteiger partial charge < -0.3 is 0 Å². The van der Waals surface area contributed by atoms with Gasteiger partial charge in [0.1, 0.15) is 0 Å². The monoisotopic (exact) mass is 150 g/mol. The van der Waals surface area contributed by atoms with Crippen LogP contribution in [0.2, 0.25) is 0 Å². The van der Waals surface area contributed by atoms with Gasteiger partial charge in [0, 0.05) is 0 Å². The number of unbranched alkanes of at least 4 members (excludes halogenated alkanes) is 7. The fourth-order valence-corrected chi connectivity index (χ4v) is 1.18. The fourth-order valence-electron chi connectivity index (χ4n) is 1.18. The quantitative estimate of drug-likeness (QED) is 0.386. The van der Waals surface area contributed by atoms with Gasteiger partial charge in [0.15, 0.2) is 0 Å². The van der Waals surface area contributed by atoms with Crippen molar-refractivity contribution < 1.29 is 0 Å². The van der Waals surface area contributed by atoms with E-state index in [0.717, 1.165) is 6.42 Å². The van der Waals surface area contributed by atoms with E-state index in [2.05, 4.69) is 12.7 Å². The second-order valence-electron chi connectivity index (χ2n) is 3.08. The number of hydrogen-bond donors (Lipinski definition) is 0. The molecule has 0 nitrogen and oxygen atoms in total. The summed E-state index contributed by atoms with van der Waals surface area (Å²) in [6.45, 7) is 2.25. The molecule has 0 aliphatic carbocycles. The third-order valence-electron chi connectivity index (χ3n) is 1.92. The third kappa shape index (κ3) is 9.84. The molecular formula is C10H19B. The van der Waals surface area contributed by atoms with Crippen molar-refractivity contribution in [3.05, 3.63) is 0 Å². The van der Waals surface area contributed by atoms with Crippen LogP contribution in [0.25, 0.3) is 0 Å². The van der Waals surface area contributed by atoms with Crippen LogP contribution in [0.15, 0.2) is 0 Å². The first-order valence-corrected chi connectivity index (χ1v) is 4.85. The summed E-state index contributed by atoms with van der Waals surface area (Å²) in [6, 6.07) is 0. The van der Waals surface area contributed by atoms with Gasteiger partial charge in [0.2, 0.25) is 0 Å². The van der Waals surface area contributed by atoms with Gasteiger partial charge in [0.25, 0.3) is 0 Å². The van der Waals surface area contributed by atoms with Gasteiger partial charge in [-0.25, -0.2) is 0 Å². The summed E-state index contributed by atoms with van der Waals surface area (Å²) in [4.78, 5) is 0. The Morgan fingerprint density at radius 3 is 2.00 bits per heavy atom. The molecule has 0 heterocycles. The van der Waals surface area contributed by atoms with Crippen molar-refractivity contribution in [2.75, 3.05) is 0 Å². The zero-order valence-corrected chi connectivity index (χ0v) is 7.73. The predicted octanol–water partition coefficient (Wildman–Crippen LogP) is 3.25. The Hall–Kier alpha value is -0.155. The van der Waals surface area contributed by atoms with Crippen LogP contribution in [0.1, 0.15) is 58.3 Å². The SMILES string of the molecule is B#CCCCCCCCCC. The van der Waals surface area contributed by atoms with E-state index in [1.165, 1.54) is 44.9 Å². The average molecular weight is 150 g/mol. The molecule has 0 atom stereocenters. The summed E-state index contributed by atoms with van der Waals surface area (Å²) >= 11 is 0. The van der Waals surface area contributed by atoms with Crippen LogP contribution in [0.3, 0.4) is 0 Å². The number of rotatable bonds is 7. The first-order valence-electron chi connectivity index (χ1n) is 4.85. The van der Waals surface area contributed by atoms with Crippen LogP contribution >= 0.6 is 0 Å². The van der Waals surface area contributed by atoms with E-state index in [0.29, 0.717) is 0 Å². The molecule has 0 radical (unpaired) electrons. The van der Waals surface area contributed by atoms with Gasteiger partial charge in [-0.1, -0.05) is 0 Å². The van der Waals surface area contributed by atoms with E-state index in [-0.39, 0.29) is 0 Å². The van der Waals surface area contributed by atoms with Crippen molar-refractivity contribution in [1.82, 2.24) is 0 Å². The summed E-state index contributed by atoms with van der Waals surface area (Å²) in [5.74, 6) is 2.67. The molecule has 0 unspecified atom stereocenters. The van der Waals surface area contributed by atoms with Crippen LogP contribution in [0.5, 0.6) is 0 Å². The molecule has 0 saturated carbocycles. The second kappa shape index (κ2) is 9.84. The Morgan fingerprint density at radius 1 is 0.909 bits per heavy atom. The molecule has 0 spiro atoms. The second-order valence-corrected chi connectivity index (χ2v) is 3.08. The molecule has 0 amide bonds. The molecule has 0 aromatic heterocycles. The van der Waals surface area contributed by atoms with E-state index < -0.39 is 0 Å². The van der Waals surface area contributed by atoms with Crippen LogP contribution in [-0.2, 0) is 0 Å². The average Bonchev–Trinajstić information content (AvgIpc) is 2.03. The van der Waals surface area contributed by atoms with Crippen LogP contribution in [0, 0.1) is 5.80 Å². The summed E-state index contributed by atoms with van der Waals surface area (Å²) < 4.78 is 0. The van der Waals surface area contributed by atoms with E-state index in [1.54, 1.807) is 0 Å². The molecule has 0 bridgehead atoms. The first kappa shape index (κ1) is 10.8. The molecular weight excluding hydrogens is 131 g/mol. The van der Waals surface area contributed by atoms with Crippen molar-refractivity contribution >= 4 is 7.33 Å². The Bertz CT molecular complexity index is 102. The molecule has 0 fully saturated rings. The maximum atomic E-state index is 5.14. The molecule has 0 N–H and O–H groups in total. The standard InChI is InChI=1S/C10H19B/c1-2-3-4-5-6-7-8-9-10-11/h2-9H2,1H3. The molecule has 62 valence electrons. The fraction of sp³-hybridized carbons (Fsp3) is 0.900. The van der Waals surface area contributed by atoms with Crippen molar-refractivity contribution in [1.29, 1.82) is 0 Å². The molecule has 11 heavy (non-hydrogen) atoms. The Labute approximate surface area is 72.1 Å². The first-order chi connectivity index (χ1) is 5.41. The summed E-state index contributed by atoms with van der Waals surface area (Å²) in [6.07, 6.45) is 10.4. The van der Waals surface area contributed by atoms with Gasteiger partial charge in [-0.3, -0.25) is 0 Å². The molecule has 0 aliphatic heterocycles. The van der Waals surface area contributed by atoms with Gasteiger partial charge in [-0.15, -0.1) is 0 Å². The maximum absolute atomic E-state index is 5.14. The predicted molar refractivity (Wildman–Crippen MR) is 52.3 cm³/mol. The summed E-state index contributed by atoms with van der Waals surface area (Å²) in [5.41, 5.74) is 0. The Balaban J connectivity index is 2.75. The van der Waals surface area contributed by atoms with Crippen molar-refractivity contribution in [3.8, 4) is 5.80 Å². The van der Waals surface area contributed by atoms with Gasteiger partial charge in [-0.2, -0.15) is 0 Å². The van der Waals surface area contributed by atoms with Crippen LogP contribution in [-0.4, -0.2) is 7.33 Å². The molecule has 0 saturated heterocycles. The van der Waals surface area contributed by atoms with Crippen LogP contribution in [0.4, 0.5) is 0 Å². The molecule has 0 aromatic rings. The van der Waals surface area contributed by atoms with Gasteiger partial charge in [-0.05, 0) is 0 Å². The molecule has 0 aliphatic rings. The van der Waals surface area contributed by atoms with Gasteiger partial charge >= 0.3 is 71.4 Å². The van der Waals surface area contributed by atoms with Crippen molar-refractivity contribution in [2.45, 2.75) is 58.3 Å². The van der Waals surface area contributed by atoms with Crippen molar-refractivity contribution in [3.63, 3.8) is 0 Å². The Morgan fingerprint density at radius 2 is 1.45 bits per heavy atom. The van der Waals surface area contributed by atoms with Crippen molar-refractivity contribution in [2.24, 2.45) is 0 Å².